The van der Waals surface area contributed by atoms with Crippen LogP contribution in [0.5, 0.6) is 0 Å². The Hall–Kier alpha value is -3.15. The van der Waals surface area contributed by atoms with Gasteiger partial charge in [0.1, 0.15) is 12.1 Å². The van der Waals surface area contributed by atoms with Crippen molar-refractivity contribution in [2.45, 2.75) is 51.1 Å². The average Bonchev–Trinajstić information content (AvgIpc) is 3.42. The molecule has 4 amide bonds. The van der Waals surface area contributed by atoms with Gasteiger partial charge in [-0.15, -0.1) is 0 Å². The number of fused-ring (bicyclic) bond motifs is 2. The molecular formula is C25H27N3O3. The highest BCUT2D eigenvalue weighted by Crippen LogP contribution is 2.41. The first-order valence-corrected chi connectivity index (χ1v) is 11.0. The van der Waals surface area contributed by atoms with Crippen LogP contribution in [-0.4, -0.2) is 40.7 Å². The smallest absolute Gasteiger partial charge is 0.325 e. The van der Waals surface area contributed by atoms with Crippen LogP contribution in [0.25, 0.3) is 0 Å². The van der Waals surface area contributed by atoms with Crippen molar-refractivity contribution in [3.8, 4) is 0 Å². The number of carbonyl (C=O) groups is 3. The molecule has 2 heterocycles. The van der Waals surface area contributed by atoms with Gasteiger partial charge in [0.2, 0.25) is 5.91 Å². The first kappa shape index (κ1) is 19.8. The van der Waals surface area contributed by atoms with Crippen LogP contribution in [0.1, 0.15) is 53.1 Å². The normalized spacial score (nSPS) is 24.8. The van der Waals surface area contributed by atoms with Crippen molar-refractivity contribution in [1.29, 1.82) is 0 Å². The van der Waals surface area contributed by atoms with E-state index in [9.17, 15) is 14.4 Å². The summed E-state index contributed by atoms with van der Waals surface area (Å²) in [5, 5.41) is 2.91. The molecule has 2 saturated heterocycles. The number of carbonyl (C=O) groups excluding carboxylic acids is 3. The highest BCUT2D eigenvalue weighted by Gasteiger charge is 2.55. The fourth-order valence-electron chi connectivity index (χ4n) is 5.57. The van der Waals surface area contributed by atoms with E-state index < -0.39 is 11.6 Å². The van der Waals surface area contributed by atoms with E-state index in [1.807, 2.05) is 29.2 Å². The van der Waals surface area contributed by atoms with Gasteiger partial charge in [-0.3, -0.25) is 14.5 Å². The van der Waals surface area contributed by atoms with Crippen molar-refractivity contribution in [2.75, 3.05) is 13.1 Å². The molecule has 0 aromatic heterocycles. The van der Waals surface area contributed by atoms with E-state index in [0.29, 0.717) is 13.0 Å². The predicted molar refractivity (Wildman–Crippen MR) is 116 cm³/mol. The molecule has 2 atom stereocenters. The number of urea groups is 1. The van der Waals surface area contributed by atoms with E-state index in [1.165, 1.54) is 11.1 Å². The van der Waals surface area contributed by atoms with Crippen molar-refractivity contribution in [3.05, 3.63) is 70.3 Å². The van der Waals surface area contributed by atoms with Gasteiger partial charge in [-0.05, 0) is 56.2 Å². The minimum Gasteiger partial charge on any atom is -0.334 e. The summed E-state index contributed by atoms with van der Waals surface area (Å²) in [5.74, 6) is -0.480. The number of hydrogen-bond donors (Lipinski definition) is 1. The molecule has 2 aromatic carbocycles. The standard InChI is InChI=1S/C25H27N3O3/c1-16-12-17(2)14-19(13-16)21-8-5-11-27(21)22(29)15-28-23(30)25(26-24(28)31)10-9-18-6-3-4-7-20(18)25/h3-4,6-7,12-14,21H,5,8-11,15H2,1-2H3,(H,26,31). The highest BCUT2D eigenvalue weighted by molar-refractivity contribution is 6.10. The molecule has 31 heavy (non-hydrogen) atoms. The topological polar surface area (TPSA) is 69.7 Å². The summed E-state index contributed by atoms with van der Waals surface area (Å²) in [7, 11) is 0. The Kier molecular flexibility index (Phi) is 4.61. The van der Waals surface area contributed by atoms with E-state index in [0.717, 1.165) is 40.9 Å². The fourth-order valence-corrected chi connectivity index (χ4v) is 5.57. The number of nitrogens with one attached hydrogen (secondary N) is 1. The second kappa shape index (κ2) is 7.22. The quantitative estimate of drug-likeness (QED) is 0.779. The predicted octanol–water partition coefficient (Wildman–Crippen LogP) is 3.36. The second-order valence-corrected chi connectivity index (χ2v) is 9.05. The van der Waals surface area contributed by atoms with E-state index >= 15 is 0 Å². The monoisotopic (exact) mass is 417 g/mol. The number of nitrogens with zero attached hydrogens (tertiary/aromatic N) is 2. The number of rotatable bonds is 3. The third-order valence-corrected chi connectivity index (χ3v) is 6.92. The molecule has 2 aliphatic heterocycles. The van der Waals surface area contributed by atoms with Crippen LogP contribution >= 0.6 is 0 Å². The van der Waals surface area contributed by atoms with Gasteiger partial charge >= 0.3 is 6.03 Å². The number of benzene rings is 2. The zero-order valence-corrected chi connectivity index (χ0v) is 18.0. The van der Waals surface area contributed by atoms with Gasteiger partial charge in [0.15, 0.2) is 0 Å². The zero-order valence-electron chi connectivity index (χ0n) is 18.0. The molecule has 1 N–H and O–H groups in total. The molecule has 0 radical (unpaired) electrons. The number of aryl methyl sites for hydroxylation is 3. The summed E-state index contributed by atoms with van der Waals surface area (Å²) in [4.78, 5) is 42.3. The third kappa shape index (κ3) is 3.12. The largest absolute Gasteiger partial charge is 0.334 e. The maximum absolute atomic E-state index is 13.4. The van der Waals surface area contributed by atoms with Crippen LogP contribution in [-0.2, 0) is 21.5 Å². The third-order valence-electron chi connectivity index (χ3n) is 6.92. The molecule has 3 aliphatic rings. The zero-order chi connectivity index (χ0) is 21.8. The summed E-state index contributed by atoms with van der Waals surface area (Å²) in [5.41, 5.74) is 4.39. The molecule has 0 bridgehead atoms. The molecule has 0 saturated carbocycles. The van der Waals surface area contributed by atoms with Crippen molar-refractivity contribution >= 4 is 17.8 Å². The molecule has 160 valence electrons. The Bertz CT molecular complexity index is 1070. The van der Waals surface area contributed by atoms with Crippen molar-refractivity contribution in [3.63, 3.8) is 0 Å². The molecule has 6 heteroatoms. The number of amides is 4. The van der Waals surface area contributed by atoms with Crippen LogP contribution in [0.2, 0.25) is 0 Å². The SMILES string of the molecule is Cc1cc(C)cc(C2CCCN2C(=O)CN2C(=O)NC3(CCc4ccccc43)C2=O)c1. The number of imide groups is 1. The lowest BCUT2D eigenvalue weighted by atomic mass is 9.92. The molecular weight excluding hydrogens is 390 g/mol. The molecule has 1 spiro atoms. The Morgan fingerprint density at radius 2 is 1.87 bits per heavy atom. The van der Waals surface area contributed by atoms with Crippen LogP contribution < -0.4 is 5.32 Å². The van der Waals surface area contributed by atoms with E-state index in [4.69, 9.17) is 0 Å². The van der Waals surface area contributed by atoms with Gasteiger partial charge in [-0.25, -0.2) is 4.79 Å². The summed E-state index contributed by atoms with van der Waals surface area (Å²) < 4.78 is 0. The van der Waals surface area contributed by atoms with Crippen molar-refractivity contribution < 1.29 is 14.4 Å². The van der Waals surface area contributed by atoms with Gasteiger partial charge in [0.05, 0.1) is 6.04 Å². The average molecular weight is 418 g/mol. The lowest BCUT2D eigenvalue weighted by Crippen LogP contribution is -2.44. The second-order valence-electron chi connectivity index (χ2n) is 9.05. The summed E-state index contributed by atoms with van der Waals surface area (Å²) in [6.45, 7) is 4.55. The van der Waals surface area contributed by atoms with Gasteiger partial charge in [-0.1, -0.05) is 53.6 Å². The Morgan fingerprint density at radius 1 is 1.13 bits per heavy atom. The summed E-state index contributed by atoms with van der Waals surface area (Å²) >= 11 is 0. The van der Waals surface area contributed by atoms with Gasteiger partial charge in [0, 0.05) is 6.54 Å². The molecule has 1 aliphatic carbocycles. The summed E-state index contributed by atoms with van der Waals surface area (Å²) in [6, 6.07) is 13.6. The molecule has 2 aromatic rings. The first-order chi connectivity index (χ1) is 14.9. The van der Waals surface area contributed by atoms with Gasteiger partial charge in [0.25, 0.3) is 5.91 Å². The Labute approximate surface area is 182 Å². The number of likely N-dealkylation sites (tertiary alicyclic amines) is 1. The minimum absolute atomic E-state index is 0.00645. The molecule has 2 unspecified atom stereocenters. The molecule has 6 nitrogen and oxygen atoms in total. The lowest BCUT2D eigenvalue weighted by molar-refractivity contribution is -0.139. The number of hydrogen-bond acceptors (Lipinski definition) is 3. The van der Waals surface area contributed by atoms with Gasteiger partial charge < -0.3 is 10.2 Å². The fraction of sp³-hybridized carbons (Fsp3) is 0.400. The Morgan fingerprint density at radius 3 is 2.65 bits per heavy atom. The summed E-state index contributed by atoms with van der Waals surface area (Å²) in [6.07, 6.45) is 3.09. The first-order valence-electron chi connectivity index (χ1n) is 11.0. The van der Waals surface area contributed by atoms with Gasteiger partial charge in [-0.2, -0.15) is 0 Å². The molecule has 5 rings (SSSR count). The Balaban J connectivity index is 1.37. The maximum atomic E-state index is 13.4. The van der Waals surface area contributed by atoms with Crippen LogP contribution in [0, 0.1) is 13.8 Å². The van der Waals surface area contributed by atoms with Crippen molar-refractivity contribution in [2.24, 2.45) is 0 Å². The van der Waals surface area contributed by atoms with Crippen LogP contribution in [0.4, 0.5) is 4.79 Å². The lowest BCUT2D eigenvalue weighted by Gasteiger charge is -2.27. The highest BCUT2D eigenvalue weighted by atomic mass is 16.2. The van der Waals surface area contributed by atoms with E-state index in [-0.39, 0.29) is 24.4 Å². The minimum atomic E-state index is -1.02. The van der Waals surface area contributed by atoms with Crippen LogP contribution in [0.3, 0.4) is 0 Å². The maximum Gasteiger partial charge on any atom is 0.325 e. The van der Waals surface area contributed by atoms with E-state index in [2.05, 4.69) is 37.4 Å². The molecule has 2 fully saturated rings. The van der Waals surface area contributed by atoms with Crippen LogP contribution in [0.15, 0.2) is 42.5 Å². The van der Waals surface area contributed by atoms with E-state index in [1.54, 1.807) is 0 Å². The van der Waals surface area contributed by atoms with Crippen molar-refractivity contribution in [1.82, 2.24) is 15.1 Å².